The number of rotatable bonds is 13. The van der Waals surface area contributed by atoms with Crippen LogP contribution in [0, 0.1) is 6.92 Å². The van der Waals surface area contributed by atoms with Crippen LogP contribution in [0.3, 0.4) is 0 Å². The molecule has 32 heavy (non-hydrogen) atoms. The topological polar surface area (TPSA) is 71.0 Å². The Hall–Kier alpha value is -1.96. The van der Waals surface area contributed by atoms with Gasteiger partial charge in [0.2, 0.25) is 0 Å². The molecule has 0 radical (unpaired) electrons. The van der Waals surface area contributed by atoms with Gasteiger partial charge in [-0.05, 0) is 31.0 Å². The third kappa shape index (κ3) is 8.88. The van der Waals surface area contributed by atoms with E-state index in [0.29, 0.717) is 25.1 Å². The number of methoxy groups -OCH3 is 1. The van der Waals surface area contributed by atoms with Crippen LogP contribution in [0.2, 0.25) is 0 Å². The first-order valence-corrected chi connectivity index (χ1v) is 10.7. The molecule has 6 nitrogen and oxygen atoms in total. The van der Waals surface area contributed by atoms with Gasteiger partial charge in [-0.2, -0.15) is 0 Å². The van der Waals surface area contributed by atoms with Crippen LogP contribution < -0.4 is 10.2 Å². The Bertz CT molecular complexity index is 817. The minimum atomic E-state index is -0.719. The van der Waals surface area contributed by atoms with Crippen molar-refractivity contribution in [2.75, 3.05) is 45.9 Å². The van der Waals surface area contributed by atoms with E-state index < -0.39 is 12.2 Å². The molecule has 0 saturated heterocycles. The number of aliphatic hydroxyl groups excluding tert-OH is 1. The van der Waals surface area contributed by atoms with E-state index in [-0.39, 0.29) is 30.8 Å². The Balaban J connectivity index is 0.00000512. The fourth-order valence-corrected chi connectivity index (χ4v) is 3.51. The van der Waals surface area contributed by atoms with Gasteiger partial charge in [-0.15, -0.1) is 12.4 Å². The molecule has 0 bridgehead atoms. The van der Waals surface area contributed by atoms with Gasteiger partial charge >= 0.3 is 0 Å². The maximum absolute atomic E-state index is 13.1. The first kappa shape index (κ1) is 28.1. The van der Waals surface area contributed by atoms with E-state index in [2.05, 4.69) is 29.3 Å². The molecule has 0 aliphatic heterocycles. The van der Waals surface area contributed by atoms with Gasteiger partial charge < -0.3 is 24.8 Å². The Morgan fingerprint density at radius 1 is 1.12 bits per heavy atom. The van der Waals surface area contributed by atoms with Crippen LogP contribution in [-0.2, 0) is 15.9 Å². The van der Waals surface area contributed by atoms with Crippen molar-refractivity contribution < 1.29 is 19.4 Å². The highest BCUT2D eigenvalue weighted by Crippen LogP contribution is 2.21. The standard InChI is InChI=1S/C25H36N2O4.ClH/c1-18-13-20(11-12-23(18)27(3)4)14-24(25(29)21-9-7-6-8-10-21)31-17-22(28)15-26-19(2)16-30-5;/h6-13,19,22,24,26,28H,14-17H2,1-5H3;1H. The zero-order valence-electron chi connectivity index (χ0n) is 19.7. The van der Waals surface area contributed by atoms with Crippen molar-refractivity contribution >= 4 is 23.9 Å². The summed E-state index contributed by atoms with van der Waals surface area (Å²) in [6.45, 7) is 5.05. The summed E-state index contributed by atoms with van der Waals surface area (Å²) in [6, 6.07) is 15.5. The maximum atomic E-state index is 13.1. The second kappa shape index (κ2) is 14.2. The molecule has 0 aliphatic rings. The van der Waals surface area contributed by atoms with Crippen LogP contribution in [0.5, 0.6) is 0 Å². The first-order valence-electron chi connectivity index (χ1n) is 10.7. The number of carbonyl (C=O) groups is 1. The number of nitrogens with zero attached hydrogens (tertiary/aromatic N) is 1. The van der Waals surface area contributed by atoms with E-state index >= 15 is 0 Å². The summed E-state index contributed by atoms with van der Waals surface area (Å²) in [4.78, 5) is 15.2. The third-order valence-corrected chi connectivity index (χ3v) is 5.12. The molecule has 0 spiro atoms. The Labute approximate surface area is 198 Å². The van der Waals surface area contributed by atoms with E-state index in [9.17, 15) is 9.90 Å². The van der Waals surface area contributed by atoms with Crippen LogP contribution in [0.15, 0.2) is 48.5 Å². The predicted molar refractivity (Wildman–Crippen MR) is 132 cm³/mol. The molecule has 0 aromatic heterocycles. The number of benzene rings is 2. The number of carbonyl (C=O) groups excluding carboxylic acids is 1. The molecule has 2 rings (SSSR count). The van der Waals surface area contributed by atoms with Crippen molar-refractivity contribution in [1.82, 2.24) is 5.32 Å². The highest BCUT2D eigenvalue weighted by atomic mass is 35.5. The number of anilines is 1. The minimum absolute atomic E-state index is 0. The number of nitrogens with one attached hydrogen (secondary N) is 1. The van der Waals surface area contributed by atoms with Crippen molar-refractivity contribution in [3.63, 3.8) is 0 Å². The van der Waals surface area contributed by atoms with Crippen molar-refractivity contribution in [3.8, 4) is 0 Å². The molecule has 0 heterocycles. The number of aryl methyl sites for hydroxylation is 1. The van der Waals surface area contributed by atoms with Crippen LogP contribution in [-0.4, -0.2) is 70.1 Å². The molecule has 7 heteroatoms. The van der Waals surface area contributed by atoms with Crippen molar-refractivity contribution in [2.45, 2.75) is 38.5 Å². The summed E-state index contributed by atoms with van der Waals surface area (Å²) >= 11 is 0. The molecular weight excluding hydrogens is 428 g/mol. The van der Waals surface area contributed by atoms with Gasteiger partial charge in [-0.3, -0.25) is 4.79 Å². The molecule has 2 N–H and O–H groups in total. The zero-order chi connectivity index (χ0) is 22.8. The van der Waals surface area contributed by atoms with E-state index in [0.717, 1.165) is 16.8 Å². The van der Waals surface area contributed by atoms with Gasteiger partial charge in [-0.25, -0.2) is 0 Å². The molecule has 0 fully saturated rings. The summed E-state index contributed by atoms with van der Waals surface area (Å²) in [5, 5.41) is 13.5. The molecule has 2 aromatic carbocycles. The molecule has 178 valence electrons. The number of ketones is 1. The molecule has 0 aliphatic carbocycles. The predicted octanol–water partition coefficient (Wildman–Crippen LogP) is 3.28. The highest BCUT2D eigenvalue weighted by Gasteiger charge is 2.23. The summed E-state index contributed by atoms with van der Waals surface area (Å²) in [5.74, 6) is -0.0807. The Kier molecular flexibility index (Phi) is 12.5. The number of Topliss-reactive ketones (excluding diaryl/α,β-unsaturated/α-hetero) is 1. The number of hydrogen-bond acceptors (Lipinski definition) is 6. The van der Waals surface area contributed by atoms with Crippen LogP contribution in [0.4, 0.5) is 5.69 Å². The third-order valence-electron chi connectivity index (χ3n) is 5.12. The number of halogens is 1. The average Bonchev–Trinajstić information content (AvgIpc) is 2.75. The van der Waals surface area contributed by atoms with E-state index in [1.165, 1.54) is 0 Å². The fourth-order valence-electron chi connectivity index (χ4n) is 3.51. The zero-order valence-corrected chi connectivity index (χ0v) is 20.5. The largest absolute Gasteiger partial charge is 0.389 e. The van der Waals surface area contributed by atoms with E-state index in [4.69, 9.17) is 9.47 Å². The second-order valence-electron chi connectivity index (χ2n) is 8.19. The number of hydrogen-bond donors (Lipinski definition) is 2. The van der Waals surface area contributed by atoms with Crippen molar-refractivity contribution in [2.24, 2.45) is 0 Å². The summed E-state index contributed by atoms with van der Waals surface area (Å²) < 4.78 is 11.0. The van der Waals surface area contributed by atoms with Gasteiger partial charge in [-0.1, -0.05) is 42.5 Å². The fraction of sp³-hybridized carbons (Fsp3) is 0.480. The second-order valence-corrected chi connectivity index (χ2v) is 8.19. The quantitative estimate of drug-likeness (QED) is 0.443. The summed E-state index contributed by atoms with van der Waals surface area (Å²) in [7, 11) is 5.66. The molecule has 3 atom stereocenters. The lowest BCUT2D eigenvalue weighted by atomic mass is 9.98. The minimum Gasteiger partial charge on any atom is -0.389 e. The van der Waals surface area contributed by atoms with Gasteiger partial charge in [0.05, 0.1) is 19.3 Å². The van der Waals surface area contributed by atoms with Gasteiger partial charge in [0.1, 0.15) is 6.10 Å². The van der Waals surface area contributed by atoms with E-state index in [1.54, 1.807) is 19.2 Å². The highest BCUT2D eigenvalue weighted by molar-refractivity contribution is 5.99. The SMILES string of the molecule is COCC(C)NCC(O)COC(Cc1ccc(N(C)C)c(C)c1)C(=O)c1ccccc1.Cl. The molecular formula is C25H37ClN2O4. The van der Waals surface area contributed by atoms with Crippen LogP contribution >= 0.6 is 12.4 Å². The van der Waals surface area contributed by atoms with Crippen molar-refractivity contribution in [1.29, 1.82) is 0 Å². The molecule has 3 unspecified atom stereocenters. The molecule has 0 amide bonds. The normalized spacial score (nSPS) is 13.7. The molecule has 0 saturated carbocycles. The van der Waals surface area contributed by atoms with Crippen molar-refractivity contribution in [3.05, 3.63) is 65.2 Å². The lowest BCUT2D eigenvalue weighted by molar-refractivity contribution is -0.00297. The summed E-state index contributed by atoms with van der Waals surface area (Å²) in [5.41, 5.74) is 3.92. The lowest BCUT2D eigenvalue weighted by Crippen LogP contribution is -2.39. The Morgan fingerprint density at radius 3 is 2.41 bits per heavy atom. The Morgan fingerprint density at radius 2 is 1.81 bits per heavy atom. The average molecular weight is 465 g/mol. The maximum Gasteiger partial charge on any atom is 0.191 e. The smallest absolute Gasteiger partial charge is 0.191 e. The van der Waals surface area contributed by atoms with Gasteiger partial charge in [0.15, 0.2) is 5.78 Å². The summed E-state index contributed by atoms with van der Waals surface area (Å²) in [6.07, 6.45) is -0.941. The van der Waals surface area contributed by atoms with Gasteiger partial charge in [0.25, 0.3) is 0 Å². The number of ether oxygens (including phenoxy) is 2. The monoisotopic (exact) mass is 464 g/mol. The molecule has 2 aromatic rings. The van der Waals surface area contributed by atoms with Crippen LogP contribution in [0.25, 0.3) is 0 Å². The van der Waals surface area contributed by atoms with Gasteiger partial charge in [0, 0.05) is 51.5 Å². The first-order chi connectivity index (χ1) is 14.8. The lowest BCUT2D eigenvalue weighted by Gasteiger charge is -2.22. The number of aliphatic hydroxyl groups is 1. The van der Waals surface area contributed by atoms with E-state index in [1.807, 2.05) is 45.3 Å². The van der Waals surface area contributed by atoms with Crippen LogP contribution in [0.1, 0.15) is 28.4 Å².